The number of rotatable bonds is 4. The highest BCUT2D eigenvalue weighted by Gasteiger charge is 2.10. The molecule has 0 aromatic carbocycles. The monoisotopic (exact) mass is 232 g/mol. The highest BCUT2D eigenvalue weighted by Crippen LogP contribution is 2.11. The number of carbonyl (C=O) groups is 2. The van der Waals surface area contributed by atoms with Gasteiger partial charge in [0, 0.05) is 12.6 Å². The zero-order valence-electron chi connectivity index (χ0n) is 9.38. The van der Waals surface area contributed by atoms with Gasteiger partial charge in [-0.15, -0.1) is 0 Å². The molecule has 5 nitrogen and oxygen atoms in total. The van der Waals surface area contributed by atoms with Crippen molar-refractivity contribution in [2.24, 2.45) is 0 Å². The maximum absolute atomic E-state index is 10.9. The molecule has 0 bridgehead atoms. The zero-order chi connectivity index (χ0) is 12.4. The molecule has 0 aliphatic rings. The van der Waals surface area contributed by atoms with Gasteiger partial charge in [-0.1, -0.05) is 0 Å². The Bertz CT molecular complexity index is 586. The number of nitrogens with zero attached hydrogens (tertiary/aromatic N) is 2. The van der Waals surface area contributed by atoms with E-state index in [0.717, 1.165) is 5.56 Å². The number of aromatic carboxylic acids is 1. The molecule has 0 spiro atoms. The van der Waals surface area contributed by atoms with E-state index in [4.69, 9.17) is 5.11 Å². The minimum atomic E-state index is -1.01. The van der Waals surface area contributed by atoms with E-state index in [2.05, 4.69) is 4.98 Å². The van der Waals surface area contributed by atoms with Crippen molar-refractivity contribution in [3.05, 3.63) is 35.8 Å². The molecular formula is C12H12N2O3. The van der Waals surface area contributed by atoms with E-state index in [1.807, 2.05) is 6.07 Å². The van der Waals surface area contributed by atoms with Gasteiger partial charge in [0.05, 0.1) is 6.20 Å². The van der Waals surface area contributed by atoms with Gasteiger partial charge in [0.25, 0.3) is 0 Å². The third kappa shape index (κ3) is 2.33. The lowest BCUT2D eigenvalue weighted by Crippen LogP contribution is -2.01. The van der Waals surface area contributed by atoms with Crippen LogP contribution < -0.4 is 0 Å². The van der Waals surface area contributed by atoms with Crippen LogP contribution in [-0.4, -0.2) is 26.2 Å². The molecule has 0 atom stereocenters. The first-order valence-electron chi connectivity index (χ1n) is 5.26. The molecule has 0 radical (unpaired) electrons. The number of hydrogen-bond acceptors (Lipinski definition) is 3. The predicted molar refractivity (Wildman–Crippen MR) is 61.2 cm³/mol. The lowest BCUT2D eigenvalue weighted by atomic mass is 10.1. The summed E-state index contributed by atoms with van der Waals surface area (Å²) >= 11 is 0. The second kappa shape index (κ2) is 4.37. The molecule has 0 amide bonds. The average molecular weight is 232 g/mol. The van der Waals surface area contributed by atoms with Crippen LogP contribution in [0.2, 0.25) is 0 Å². The minimum Gasteiger partial charge on any atom is -0.477 e. The highest BCUT2D eigenvalue weighted by atomic mass is 16.4. The summed E-state index contributed by atoms with van der Waals surface area (Å²) in [6.45, 7) is 1.55. The van der Waals surface area contributed by atoms with Crippen LogP contribution in [0, 0.1) is 0 Å². The van der Waals surface area contributed by atoms with Crippen molar-refractivity contribution in [2.75, 3.05) is 0 Å². The molecule has 0 unspecified atom stereocenters. The van der Waals surface area contributed by atoms with Crippen LogP contribution in [0.25, 0.3) is 5.65 Å². The van der Waals surface area contributed by atoms with Gasteiger partial charge in [-0.05, 0) is 31.0 Å². The fraction of sp³-hybridized carbons (Fsp3) is 0.250. The van der Waals surface area contributed by atoms with Crippen LogP contribution in [-0.2, 0) is 11.2 Å². The van der Waals surface area contributed by atoms with Gasteiger partial charge in [0.1, 0.15) is 11.4 Å². The summed E-state index contributed by atoms with van der Waals surface area (Å²) in [5, 5.41) is 8.91. The van der Waals surface area contributed by atoms with Crippen LogP contribution in [0.5, 0.6) is 0 Å². The average Bonchev–Trinajstić information content (AvgIpc) is 2.69. The summed E-state index contributed by atoms with van der Waals surface area (Å²) in [5.41, 5.74) is 1.71. The van der Waals surface area contributed by atoms with Crippen LogP contribution in [0.15, 0.2) is 24.5 Å². The summed E-state index contributed by atoms with van der Waals surface area (Å²) in [6, 6.07) is 3.61. The van der Waals surface area contributed by atoms with Gasteiger partial charge in [0.15, 0.2) is 5.69 Å². The van der Waals surface area contributed by atoms with E-state index in [0.29, 0.717) is 18.5 Å². The molecule has 2 rings (SSSR count). The number of carboxylic acid groups (broad SMARTS) is 1. The first kappa shape index (κ1) is 11.3. The molecule has 88 valence electrons. The normalized spacial score (nSPS) is 10.6. The van der Waals surface area contributed by atoms with Crippen LogP contribution in [0.3, 0.4) is 0 Å². The Kier molecular flexibility index (Phi) is 2.91. The van der Waals surface area contributed by atoms with Crippen molar-refractivity contribution < 1.29 is 14.7 Å². The largest absolute Gasteiger partial charge is 0.477 e. The summed E-state index contributed by atoms with van der Waals surface area (Å²) in [5.74, 6) is -0.867. The molecule has 0 aliphatic carbocycles. The van der Waals surface area contributed by atoms with Gasteiger partial charge < -0.3 is 9.90 Å². The first-order valence-corrected chi connectivity index (χ1v) is 5.26. The van der Waals surface area contributed by atoms with Gasteiger partial charge in [-0.25, -0.2) is 9.78 Å². The Morgan fingerprint density at radius 2 is 2.24 bits per heavy atom. The molecule has 0 aliphatic heterocycles. The van der Waals surface area contributed by atoms with E-state index < -0.39 is 5.97 Å². The molecule has 2 heterocycles. The SMILES string of the molecule is CC(=O)CCc1ccn2c(C(=O)O)cnc2c1. The smallest absolute Gasteiger partial charge is 0.354 e. The van der Waals surface area contributed by atoms with Crippen LogP contribution >= 0.6 is 0 Å². The summed E-state index contributed by atoms with van der Waals surface area (Å²) in [4.78, 5) is 25.8. The number of carboxylic acids is 1. The van der Waals surface area contributed by atoms with E-state index in [9.17, 15) is 9.59 Å². The van der Waals surface area contributed by atoms with Gasteiger partial charge in [0.2, 0.25) is 0 Å². The molecule has 17 heavy (non-hydrogen) atoms. The lowest BCUT2D eigenvalue weighted by molar-refractivity contribution is -0.116. The standard InChI is InChI=1S/C12H12N2O3/c1-8(15)2-3-9-4-5-14-10(12(16)17)7-13-11(14)6-9/h4-7H,2-3H2,1H3,(H,16,17). The Morgan fingerprint density at radius 3 is 2.88 bits per heavy atom. The zero-order valence-corrected chi connectivity index (χ0v) is 9.38. The van der Waals surface area contributed by atoms with E-state index >= 15 is 0 Å². The number of aromatic nitrogens is 2. The van der Waals surface area contributed by atoms with E-state index in [-0.39, 0.29) is 11.5 Å². The number of Topliss-reactive ketones (excluding diaryl/α,β-unsaturated/α-hetero) is 1. The number of imidazole rings is 1. The molecule has 0 saturated carbocycles. The molecule has 5 heteroatoms. The molecule has 0 saturated heterocycles. The van der Waals surface area contributed by atoms with Crippen molar-refractivity contribution in [1.82, 2.24) is 9.38 Å². The fourth-order valence-corrected chi connectivity index (χ4v) is 1.66. The number of aryl methyl sites for hydroxylation is 1. The number of pyridine rings is 1. The van der Waals surface area contributed by atoms with Crippen molar-refractivity contribution >= 4 is 17.4 Å². The van der Waals surface area contributed by atoms with Crippen LogP contribution in [0.1, 0.15) is 29.4 Å². The third-order valence-electron chi connectivity index (χ3n) is 2.56. The maximum Gasteiger partial charge on any atom is 0.354 e. The topological polar surface area (TPSA) is 71.7 Å². The van der Waals surface area contributed by atoms with Gasteiger partial charge in [-0.3, -0.25) is 4.40 Å². The number of carbonyl (C=O) groups excluding carboxylic acids is 1. The van der Waals surface area contributed by atoms with Gasteiger partial charge in [-0.2, -0.15) is 0 Å². The summed E-state index contributed by atoms with van der Waals surface area (Å²) in [6.07, 6.45) is 4.14. The van der Waals surface area contributed by atoms with Crippen LogP contribution in [0.4, 0.5) is 0 Å². The highest BCUT2D eigenvalue weighted by molar-refractivity contribution is 5.86. The predicted octanol–water partition coefficient (Wildman–Crippen LogP) is 1.55. The number of hydrogen-bond donors (Lipinski definition) is 1. The van der Waals surface area contributed by atoms with Crippen molar-refractivity contribution in [3.8, 4) is 0 Å². The minimum absolute atomic E-state index is 0.137. The van der Waals surface area contributed by atoms with Crippen molar-refractivity contribution in [2.45, 2.75) is 19.8 Å². The van der Waals surface area contributed by atoms with Crippen molar-refractivity contribution in [3.63, 3.8) is 0 Å². The molecule has 2 aromatic heterocycles. The second-order valence-corrected chi connectivity index (χ2v) is 3.91. The lowest BCUT2D eigenvalue weighted by Gasteiger charge is -2.01. The molecule has 0 fully saturated rings. The molecular weight excluding hydrogens is 220 g/mol. The van der Waals surface area contributed by atoms with E-state index in [1.165, 1.54) is 10.6 Å². The van der Waals surface area contributed by atoms with E-state index in [1.54, 1.807) is 19.2 Å². The van der Waals surface area contributed by atoms with Crippen molar-refractivity contribution in [1.29, 1.82) is 0 Å². The summed E-state index contributed by atoms with van der Waals surface area (Å²) < 4.78 is 1.51. The number of fused-ring (bicyclic) bond motifs is 1. The summed E-state index contributed by atoms with van der Waals surface area (Å²) in [7, 11) is 0. The Hall–Kier alpha value is -2.17. The molecule has 2 aromatic rings. The Labute approximate surface area is 97.7 Å². The van der Waals surface area contributed by atoms with Gasteiger partial charge >= 0.3 is 5.97 Å². The fourth-order valence-electron chi connectivity index (χ4n) is 1.66. The maximum atomic E-state index is 10.9. The Balaban J connectivity index is 2.32. The first-order chi connectivity index (χ1) is 8.08. The second-order valence-electron chi connectivity index (χ2n) is 3.91. The Morgan fingerprint density at radius 1 is 1.47 bits per heavy atom. The number of ketones is 1. The quantitative estimate of drug-likeness (QED) is 0.868. The molecule has 1 N–H and O–H groups in total. The third-order valence-corrected chi connectivity index (χ3v) is 2.56.